The lowest BCUT2D eigenvalue weighted by atomic mass is 9.93. The number of para-hydroxylation sites is 2. The van der Waals surface area contributed by atoms with Gasteiger partial charge < -0.3 is 15.0 Å². The van der Waals surface area contributed by atoms with Crippen molar-refractivity contribution in [2.24, 2.45) is 0 Å². The van der Waals surface area contributed by atoms with Gasteiger partial charge in [0.05, 0.1) is 11.0 Å². The number of H-pyrrole nitrogens is 1. The molecule has 0 spiro atoms. The fourth-order valence-corrected chi connectivity index (χ4v) is 5.68. The summed E-state index contributed by atoms with van der Waals surface area (Å²) in [6, 6.07) is 24.2. The van der Waals surface area contributed by atoms with Crippen LogP contribution in [0.4, 0.5) is 9.18 Å². The summed E-state index contributed by atoms with van der Waals surface area (Å²) in [4.78, 5) is 31.6. The monoisotopic (exact) mass is 516 g/mol. The third-order valence-corrected chi connectivity index (χ3v) is 7.50. The van der Waals surface area contributed by atoms with Gasteiger partial charge in [-0.2, -0.15) is 0 Å². The second kappa shape index (κ2) is 11.6. The molecule has 38 heavy (non-hydrogen) atoms. The van der Waals surface area contributed by atoms with E-state index in [1.165, 1.54) is 22.6 Å². The minimum atomic E-state index is -0.910. The molecule has 2 heterocycles. The van der Waals surface area contributed by atoms with Crippen LogP contribution in [0.5, 0.6) is 0 Å². The van der Waals surface area contributed by atoms with Crippen molar-refractivity contribution in [3.05, 3.63) is 106 Å². The molecule has 1 fully saturated rings. The van der Waals surface area contributed by atoms with Gasteiger partial charge in [-0.25, -0.2) is 14.0 Å². The molecule has 0 saturated carbocycles. The average molecular weight is 517 g/mol. The molecule has 0 aliphatic carbocycles. The van der Waals surface area contributed by atoms with Gasteiger partial charge in [0.1, 0.15) is 5.82 Å². The number of hydrogen-bond donors (Lipinski definition) is 2. The van der Waals surface area contributed by atoms with E-state index in [4.69, 9.17) is 0 Å². The highest BCUT2D eigenvalue weighted by Gasteiger charge is 2.33. The molecule has 8 heteroatoms. The number of rotatable bonds is 9. The average Bonchev–Trinajstić information content (AvgIpc) is 3.26. The molecular weight excluding hydrogens is 483 g/mol. The number of hydrogen-bond acceptors (Lipinski definition) is 3. The Morgan fingerprint density at radius 3 is 2.39 bits per heavy atom. The van der Waals surface area contributed by atoms with Crippen LogP contribution < -0.4 is 5.69 Å². The van der Waals surface area contributed by atoms with Crippen LogP contribution in [-0.2, 0) is 13.1 Å². The van der Waals surface area contributed by atoms with Gasteiger partial charge in [0, 0.05) is 31.7 Å². The number of likely N-dealkylation sites (tertiary alicyclic amines) is 1. The first-order valence-electron chi connectivity index (χ1n) is 13.2. The van der Waals surface area contributed by atoms with E-state index in [0.29, 0.717) is 32.4 Å². The quantitative estimate of drug-likeness (QED) is 0.302. The Hall–Kier alpha value is -3.91. The van der Waals surface area contributed by atoms with Gasteiger partial charge in [-0.15, -0.1) is 0 Å². The summed E-state index contributed by atoms with van der Waals surface area (Å²) in [7, 11) is 0. The van der Waals surface area contributed by atoms with Crippen molar-refractivity contribution < 1.29 is 14.3 Å². The molecule has 5 rings (SSSR count). The summed E-state index contributed by atoms with van der Waals surface area (Å²) >= 11 is 0. The van der Waals surface area contributed by atoms with Crippen LogP contribution in [0.2, 0.25) is 0 Å². The Morgan fingerprint density at radius 2 is 1.66 bits per heavy atom. The zero-order chi connectivity index (χ0) is 26.5. The Balaban J connectivity index is 1.28. The van der Waals surface area contributed by atoms with Gasteiger partial charge in [0.15, 0.2) is 0 Å². The highest BCUT2D eigenvalue weighted by atomic mass is 19.1. The molecule has 1 aromatic heterocycles. The lowest BCUT2D eigenvalue weighted by molar-refractivity contribution is 0.0853. The van der Waals surface area contributed by atoms with Crippen LogP contribution in [0.25, 0.3) is 11.0 Å². The smallest absolute Gasteiger partial charge is 0.407 e. The van der Waals surface area contributed by atoms with Crippen molar-refractivity contribution in [3.8, 4) is 0 Å². The minimum Gasteiger partial charge on any atom is -0.465 e. The summed E-state index contributed by atoms with van der Waals surface area (Å²) < 4.78 is 15.2. The molecule has 1 aliphatic heterocycles. The van der Waals surface area contributed by atoms with Crippen LogP contribution >= 0.6 is 0 Å². The van der Waals surface area contributed by atoms with E-state index >= 15 is 0 Å². The van der Waals surface area contributed by atoms with Gasteiger partial charge in [-0.1, -0.05) is 54.6 Å². The first-order valence-corrected chi connectivity index (χ1v) is 13.2. The standard InChI is InChI=1S/C30H33FN4O3/c31-24-14-12-23(13-15-24)21-33(20-22-7-2-1-3-8-22)17-6-9-25-19-26(16-18-34(25)30(37)38)35-28-11-5-4-10-27(28)32-29(35)36/h1-5,7-8,10-15,25-26H,6,9,16-21H2,(H,32,36)(H,37,38)/t25-,26?/m0/s1. The van der Waals surface area contributed by atoms with Gasteiger partial charge >= 0.3 is 11.8 Å². The van der Waals surface area contributed by atoms with Crippen molar-refractivity contribution in [3.63, 3.8) is 0 Å². The highest BCUT2D eigenvalue weighted by molar-refractivity contribution is 5.75. The lowest BCUT2D eigenvalue weighted by Gasteiger charge is -2.38. The Morgan fingerprint density at radius 1 is 0.974 bits per heavy atom. The fraction of sp³-hybridized carbons (Fsp3) is 0.333. The largest absolute Gasteiger partial charge is 0.465 e. The molecular formula is C30H33FN4O3. The molecule has 1 amide bonds. The summed E-state index contributed by atoms with van der Waals surface area (Å²) in [5, 5.41) is 9.88. The van der Waals surface area contributed by atoms with Crippen LogP contribution in [0.1, 0.15) is 42.9 Å². The normalized spacial score (nSPS) is 17.8. The Bertz CT molecular complexity index is 1420. The van der Waals surface area contributed by atoms with E-state index in [1.807, 2.05) is 54.6 Å². The summed E-state index contributed by atoms with van der Waals surface area (Å²) in [6.45, 7) is 2.60. The number of nitrogens with zero attached hydrogens (tertiary/aromatic N) is 3. The van der Waals surface area contributed by atoms with Crippen molar-refractivity contribution in [1.82, 2.24) is 19.4 Å². The van der Waals surface area contributed by atoms with E-state index in [1.54, 1.807) is 4.57 Å². The molecule has 0 radical (unpaired) electrons. The number of fused-ring (bicyclic) bond motifs is 1. The van der Waals surface area contributed by atoms with Crippen LogP contribution in [0.15, 0.2) is 83.7 Å². The van der Waals surface area contributed by atoms with E-state index in [9.17, 15) is 19.1 Å². The van der Waals surface area contributed by atoms with Gasteiger partial charge in [-0.3, -0.25) is 9.47 Å². The predicted molar refractivity (Wildman–Crippen MR) is 146 cm³/mol. The number of carboxylic acid groups (broad SMARTS) is 1. The fourth-order valence-electron chi connectivity index (χ4n) is 5.68. The predicted octanol–water partition coefficient (Wildman–Crippen LogP) is 5.63. The number of halogens is 1. The van der Waals surface area contributed by atoms with Crippen molar-refractivity contribution >= 4 is 17.1 Å². The van der Waals surface area contributed by atoms with E-state index in [-0.39, 0.29) is 23.6 Å². The molecule has 7 nitrogen and oxygen atoms in total. The maximum absolute atomic E-state index is 13.4. The molecule has 1 aliphatic rings. The van der Waals surface area contributed by atoms with E-state index in [0.717, 1.165) is 36.1 Å². The second-order valence-electron chi connectivity index (χ2n) is 10.1. The zero-order valence-electron chi connectivity index (χ0n) is 21.3. The van der Waals surface area contributed by atoms with E-state index < -0.39 is 6.09 Å². The maximum Gasteiger partial charge on any atom is 0.407 e. The third-order valence-electron chi connectivity index (χ3n) is 7.50. The molecule has 2 N–H and O–H groups in total. The van der Waals surface area contributed by atoms with E-state index in [2.05, 4.69) is 22.0 Å². The number of carbonyl (C=O) groups is 1. The number of aromatic amines is 1. The third kappa shape index (κ3) is 5.97. The zero-order valence-corrected chi connectivity index (χ0v) is 21.3. The first-order chi connectivity index (χ1) is 18.5. The molecule has 2 atom stereocenters. The molecule has 0 bridgehead atoms. The van der Waals surface area contributed by atoms with Gasteiger partial charge in [0.25, 0.3) is 0 Å². The summed E-state index contributed by atoms with van der Waals surface area (Å²) in [5.41, 5.74) is 3.74. The summed E-state index contributed by atoms with van der Waals surface area (Å²) in [5.74, 6) is -0.252. The number of amides is 1. The summed E-state index contributed by atoms with van der Waals surface area (Å²) in [6.07, 6.45) is 1.80. The van der Waals surface area contributed by atoms with Crippen LogP contribution in [-0.4, -0.2) is 49.7 Å². The molecule has 4 aromatic rings. The van der Waals surface area contributed by atoms with Crippen molar-refractivity contribution in [2.45, 2.75) is 50.9 Å². The Labute approximate surface area is 221 Å². The molecule has 198 valence electrons. The van der Waals surface area contributed by atoms with Crippen LogP contribution in [0.3, 0.4) is 0 Å². The number of piperidine rings is 1. The SMILES string of the molecule is O=C(O)N1CCC(n2c(=O)[nH]c3ccccc32)C[C@@H]1CCCN(Cc1ccccc1)Cc1ccc(F)cc1. The molecule has 1 unspecified atom stereocenters. The molecule has 3 aromatic carbocycles. The van der Waals surface area contributed by atoms with Gasteiger partial charge in [0.2, 0.25) is 0 Å². The highest BCUT2D eigenvalue weighted by Crippen LogP contribution is 2.31. The number of aromatic nitrogens is 2. The number of imidazole rings is 1. The number of nitrogens with one attached hydrogen (secondary N) is 1. The Kier molecular flexibility index (Phi) is 7.89. The maximum atomic E-state index is 13.4. The van der Waals surface area contributed by atoms with Crippen molar-refractivity contribution in [2.75, 3.05) is 13.1 Å². The van der Waals surface area contributed by atoms with Crippen LogP contribution in [0, 0.1) is 5.82 Å². The van der Waals surface area contributed by atoms with Crippen molar-refractivity contribution in [1.29, 1.82) is 0 Å². The molecule has 1 saturated heterocycles. The second-order valence-corrected chi connectivity index (χ2v) is 10.1. The van der Waals surface area contributed by atoms with Gasteiger partial charge in [-0.05, 0) is 67.6 Å². The number of benzene rings is 3. The minimum absolute atomic E-state index is 0.0566. The topological polar surface area (TPSA) is 81.6 Å². The lowest BCUT2D eigenvalue weighted by Crippen LogP contribution is -2.47. The first kappa shape index (κ1) is 25.7.